The fraction of sp³-hybridized carbons (Fsp3) is 0.500. The lowest BCUT2D eigenvalue weighted by atomic mass is 9.71. The lowest BCUT2D eigenvalue weighted by Crippen LogP contribution is -2.41. The molecule has 0 unspecified atom stereocenters. The molecule has 27 heavy (non-hydrogen) atoms. The molecule has 0 bridgehead atoms. The SMILES string of the molecule is CC(=O)c1cccc(Sc2cnc(N3CCC4(CCC[C@H]4C)CC3)cn2)c1. The molecule has 0 radical (unpaired) electrons. The van der Waals surface area contributed by atoms with E-state index >= 15 is 0 Å². The molecule has 1 atom stereocenters. The van der Waals surface area contributed by atoms with Gasteiger partial charge in [-0.25, -0.2) is 9.97 Å². The maximum atomic E-state index is 11.5. The van der Waals surface area contributed by atoms with Crippen molar-refractivity contribution in [2.75, 3.05) is 18.0 Å². The third kappa shape index (κ3) is 3.88. The van der Waals surface area contributed by atoms with Gasteiger partial charge < -0.3 is 4.90 Å². The molecule has 4 rings (SSSR count). The number of carbonyl (C=O) groups excluding carboxylic acids is 1. The van der Waals surface area contributed by atoms with Crippen LogP contribution in [-0.4, -0.2) is 28.8 Å². The van der Waals surface area contributed by atoms with Crippen molar-refractivity contribution in [1.29, 1.82) is 0 Å². The number of aromatic nitrogens is 2. The molecule has 2 aromatic rings. The molecule has 1 aliphatic carbocycles. The van der Waals surface area contributed by atoms with Crippen LogP contribution >= 0.6 is 11.8 Å². The maximum Gasteiger partial charge on any atom is 0.159 e. The van der Waals surface area contributed by atoms with Crippen molar-refractivity contribution in [3.05, 3.63) is 42.2 Å². The van der Waals surface area contributed by atoms with Crippen molar-refractivity contribution in [2.45, 2.75) is 55.9 Å². The van der Waals surface area contributed by atoms with E-state index in [4.69, 9.17) is 0 Å². The van der Waals surface area contributed by atoms with E-state index in [9.17, 15) is 4.79 Å². The molecule has 4 nitrogen and oxygen atoms in total. The predicted molar refractivity (Wildman–Crippen MR) is 109 cm³/mol. The average molecular weight is 382 g/mol. The number of piperidine rings is 1. The number of benzene rings is 1. The predicted octanol–water partition coefficient (Wildman–Crippen LogP) is 5.24. The molecule has 2 heterocycles. The summed E-state index contributed by atoms with van der Waals surface area (Å²) in [6.07, 6.45) is 10.5. The standard InChI is InChI=1S/C22H27N3OS/c1-16-5-4-8-22(16)9-11-25(12-10-22)20-14-24-21(15-23-20)27-19-7-3-6-18(13-19)17(2)26/h3,6-7,13-16H,4-5,8-12H2,1-2H3/t16-/m1/s1. The molecular weight excluding hydrogens is 354 g/mol. The van der Waals surface area contributed by atoms with E-state index in [1.165, 1.54) is 32.1 Å². The quantitative estimate of drug-likeness (QED) is 0.678. The van der Waals surface area contributed by atoms with Crippen molar-refractivity contribution in [3.63, 3.8) is 0 Å². The van der Waals surface area contributed by atoms with Crippen molar-refractivity contribution >= 4 is 23.4 Å². The zero-order valence-corrected chi connectivity index (χ0v) is 17.0. The topological polar surface area (TPSA) is 46.1 Å². The van der Waals surface area contributed by atoms with Gasteiger partial charge in [0.15, 0.2) is 5.78 Å². The van der Waals surface area contributed by atoms with E-state index in [0.717, 1.165) is 40.3 Å². The summed E-state index contributed by atoms with van der Waals surface area (Å²) in [6.45, 7) is 6.21. The van der Waals surface area contributed by atoms with Gasteiger partial charge in [0.05, 0.1) is 12.4 Å². The van der Waals surface area contributed by atoms with Gasteiger partial charge in [-0.15, -0.1) is 0 Å². The second-order valence-electron chi connectivity index (χ2n) is 8.04. The zero-order chi connectivity index (χ0) is 18.9. The highest BCUT2D eigenvalue weighted by atomic mass is 32.2. The van der Waals surface area contributed by atoms with Crippen molar-refractivity contribution < 1.29 is 4.79 Å². The van der Waals surface area contributed by atoms with Crippen molar-refractivity contribution in [1.82, 2.24) is 9.97 Å². The van der Waals surface area contributed by atoms with E-state index in [1.807, 2.05) is 36.7 Å². The number of ketones is 1. The summed E-state index contributed by atoms with van der Waals surface area (Å²) >= 11 is 1.55. The normalized spacial score (nSPS) is 21.6. The molecule has 1 spiro atoms. The van der Waals surface area contributed by atoms with Crippen LogP contribution in [0.15, 0.2) is 46.6 Å². The van der Waals surface area contributed by atoms with Crippen LogP contribution in [0.5, 0.6) is 0 Å². The smallest absolute Gasteiger partial charge is 0.159 e. The van der Waals surface area contributed by atoms with E-state index in [1.54, 1.807) is 18.7 Å². The third-order valence-electron chi connectivity index (χ3n) is 6.52. The van der Waals surface area contributed by atoms with Crippen LogP contribution in [0.3, 0.4) is 0 Å². The molecule has 5 heteroatoms. The summed E-state index contributed by atoms with van der Waals surface area (Å²) in [4.78, 5) is 24.2. The Balaban J connectivity index is 1.39. The largest absolute Gasteiger partial charge is 0.355 e. The summed E-state index contributed by atoms with van der Waals surface area (Å²) in [5.74, 6) is 1.94. The molecule has 1 saturated carbocycles. The number of anilines is 1. The number of hydrogen-bond acceptors (Lipinski definition) is 5. The van der Waals surface area contributed by atoms with E-state index < -0.39 is 0 Å². The van der Waals surface area contributed by atoms with Crippen LogP contribution in [0.1, 0.15) is 56.3 Å². The first kappa shape index (κ1) is 18.5. The highest BCUT2D eigenvalue weighted by molar-refractivity contribution is 7.99. The van der Waals surface area contributed by atoms with E-state index in [0.29, 0.717) is 5.41 Å². The van der Waals surface area contributed by atoms with Crippen LogP contribution in [0.2, 0.25) is 0 Å². The van der Waals surface area contributed by atoms with Crippen LogP contribution in [0.4, 0.5) is 5.82 Å². The molecule has 1 aliphatic heterocycles. The summed E-state index contributed by atoms with van der Waals surface area (Å²) in [5.41, 5.74) is 1.31. The summed E-state index contributed by atoms with van der Waals surface area (Å²) in [7, 11) is 0. The van der Waals surface area contributed by atoms with E-state index in [2.05, 4.69) is 21.8 Å². The first-order valence-corrected chi connectivity index (χ1v) is 10.7. The highest BCUT2D eigenvalue weighted by Gasteiger charge is 2.42. The molecular formula is C22H27N3OS. The molecule has 142 valence electrons. The Morgan fingerprint density at radius 2 is 2.00 bits per heavy atom. The van der Waals surface area contributed by atoms with Crippen molar-refractivity contribution in [2.24, 2.45) is 11.3 Å². The number of nitrogens with zero attached hydrogens (tertiary/aromatic N) is 3. The van der Waals surface area contributed by atoms with Gasteiger partial charge in [0.1, 0.15) is 10.8 Å². The average Bonchev–Trinajstić information content (AvgIpc) is 3.03. The minimum Gasteiger partial charge on any atom is -0.355 e. The lowest BCUT2D eigenvalue weighted by molar-refractivity contribution is 0.101. The first-order valence-electron chi connectivity index (χ1n) is 9.92. The summed E-state index contributed by atoms with van der Waals surface area (Å²) < 4.78 is 0. The minimum atomic E-state index is 0.0818. The van der Waals surface area contributed by atoms with Crippen LogP contribution in [0.25, 0.3) is 0 Å². The van der Waals surface area contributed by atoms with Gasteiger partial charge in [0.25, 0.3) is 0 Å². The summed E-state index contributed by atoms with van der Waals surface area (Å²) in [5, 5.41) is 0.859. The van der Waals surface area contributed by atoms with Crippen LogP contribution < -0.4 is 4.90 Å². The number of hydrogen-bond donors (Lipinski definition) is 0. The Kier molecular flexibility index (Phi) is 5.22. The fourth-order valence-electron chi connectivity index (χ4n) is 4.66. The van der Waals surface area contributed by atoms with Gasteiger partial charge in [-0.1, -0.05) is 43.7 Å². The van der Waals surface area contributed by atoms with Gasteiger partial charge in [-0.05, 0) is 49.7 Å². The van der Waals surface area contributed by atoms with Gasteiger partial charge in [-0.3, -0.25) is 4.79 Å². The number of carbonyl (C=O) groups is 1. The monoisotopic (exact) mass is 381 g/mol. The van der Waals surface area contributed by atoms with Gasteiger partial charge in [0, 0.05) is 23.5 Å². The van der Waals surface area contributed by atoms with Crippen molar-refractivity contribution in [3.8, 4) is 0 Å². The molecule has 2 aliphatic rings. The van der Waals surface area contributed by atoms with Gasteiger partial charge >= 0.3 is 0 Å². The lowest BCUT2D eigenvalue weighted by Gasteiger charge is -2.42. The Bertz CT molecular complexity index is 813. The molecule has 1 aromatic heterocycles. The molecule has 0 amide bonds. The maximum absolute atomic E-state index is 11.5. The molecule has 1 aromatic carbocycles. The molecule has 0 N–H and O–H groups in total. The Morgan fingerprint density at radius 1 is 1.19 bits per heavy atom. The zero-order valence-electron chi connectivity index (χ0n) is 16.1. The summed E-state index contributed by atoms with van der Waals surface area (Å²) in [6, 6.07) is 7.67. The second kappa shape index (κ2) is 7.63. The first-order chi connectivity index (χ1) is 13.1. The third-order valence-corrected chi connectivity index (χ3v) is 7.43. The second-order valence-corrected chi connectivity index (χ2v) is 9.14. The van der Waals surface area contributed by atoms with Crippen LogP contribution in [0, 0.1) is 11.3 Å². The van der Waals surface area contributed by atoms with Gasteiger partial charge in [-0.2, -0.15) is 0 Å². The number of Topliss-reactive ketones (excluding diaryl/α,β-unsaturated/α-hetero) is 1. The van der Waals surface area contributed by atoms with Gasteiger partial charge in [0.2, 0.25) is 0 Å². The Labute approximate surface area is 165 Å². The van der Waals surface area contributed by atoms with E-state index in [-0.39, 0.29) is 5.78 Å². The van der Waals surface area contributed by atoms with Crippen LogP contribution in [-0.2, 0) is 0 Å². The highest BCUT2D eigenvalue weighted by Crippen LogP contribution is 2.50. The minimum absolute atomic E-state index is 0.0818. The Hall–Kier alpha value is -1.88. The molecule has 1 saturated heterocycles. The number of rotatable bonds is 4. The molecule has 2 fully saturated rings. The Morgan fingerprint density at radius 3 is 2.63 bits per heavy atom. The fourth-order valence-corrected chi connectivity index (χ4v) is 5.45.